The second kappa shape index (κ2) is 3.74. The molecule has 1 aromatic rings. The molecule has 1 aliphatic carbocycles. The van der Waals surface area contributed by atoms with E-state index in [0.717, 1.165) is 17.8 Å². The lowest BCUT2D eigenvalue weighted by atomic mass is 10.1. The maximum absolute atomic E-state index is 11.4. The zero-order valence-electron chi connectivity index (χ0n) is 9.40. The minimum absolute atomic E-state index is 0.491. The lowest BCUT2D eigenvalue weighted by Crippen LogP contribution is -2.21. The van der Waals surface area contributed by atoms with Crippen LogP contribution in [-0.4, -0.2) is 22.9 Å². The number of rotatable bonds is 4. The molecule has 0 N–H and O–H groups in total. The Bertz CT molecular complexity index is 503. The van der Waals surface area contributed by atoms with Crippen LogP contribution in [0.4, 0.5) is 0 Å². The largest absolute Gasteiger partial charge is 0.272 e. The predicted molar refractivity (Wildman–Crippen MR) is 63.1 cm³/mol. The van der Waals surface area contributed by atoms with Crippen LogP contribution in [0.1, 0.15) is 31.0 Å². The van der Waals surface area contributed by atoms with Gasteiger partial charge in [0.05, 0.1) is 10.4 Å². The van der Waals surface area contributed by atoms with Crippen LogP contribution in [-0.2, 0) is 22.0 Å². The molecule has 16 heavy (non-hydrogen) atoms. The third kappa shape index (κ3) is 1.98. The van der Waals surface area contributed by atoms with Gasteiger partial charge in [-0.3, -0.25) is 4.68 Å². The van der Waals surface area contributed by atoms with Gasteiger partial charge in [-0.15, -0.1) is 0 Å². The molecule has 4 nitrogen and oxygen atoms in total. The monoisotopic (exact) mass is 262 g/mol. The first-order valence-electron chi connectivity index (χ1n) is 5.35. The third-order valence-corrected chi connectivity index (χ3v) is 5.78. The van der Waals surface area contributed by atoms with Gasteiger partial charge in [-0.25, -0.2) is 8.42 Å². The van der Waals surface area contributed by atoms with Gasteiger partial charge in [-0.05, 0) is 38.7 Å². The lowest BCUT2D eigenvalue weighted by Gasteiger charge is -2.09. The van der Waals surface area contributed by atoms with Gasteiger partial charge < -0.3 is 0 Å². The van der Waals surface area contributed by atoms with E-state index < -0.39 is 13.8 Å². The molecule has 0 spiro atoms. The van der Waals surface area contributed by atoms with Gasteiger partial charge >= 0.3 is 0 Å². The summed E-state index contributed by atoms with van der Waals surface area (Å²) in [6, 6.07) is 0. The highest BCUT2D eigenvalue weighted by atomic mass is 35.7. The van der Waals surface area contributed by atoms with E-state index in [1.807, 2.05) is 24.7 Å². The van der Waals surface area contributed by atoms with Crippen LogP contribution >= 0.6 is 10.7 Å². The predicted octanol–water partition coefficient (Wildman–Crippen LogP) is 1.86. The number of halogens is 1. The molecule has 1 heterocycles. The Balaban J connectivity index is 2.25. The second-order valence-electron chi connectivity index (χ2n) is 4.39. The van der Waals surface area contributed by atoms with E-state index in [9.17, 15) is 8.42 Å². The Kier molecular flexibility index (Phi) is 2.78. The van der Waals surface area contributed by atoms with Crippen LogP contribution in [0.2, 0.25) is 0 Å². The summed E-state index contributed by atoms with van der Waals surface area (Å²) in [5.74, 6) is 0. The van der Waals surface area contributed by atoms with Crippen LogP contribution < -0.4 is 0 Å². The first-order chi connectivity index (χ1) is 7.38. The highest BCUT2D eigenvalue weighted by Gasteiger charge is 2.54. The fourth-order valence-electron chi connectivity index (χ4n) is 1.89. The molecule has 0 atom stereocenters. The average Bonchev–Trinajstić information content (AvgIpc) is 2.87. The standard InChI is InChI=1S/C10H15ClN2O2S/c1-3-13-7-9(8(2)12-13)6-10(4-5-10)16(11,14)15/h7H,3-6H2,1-2H3. The molecule has 90 valence electrons. The van der Waals surface area contributed by atoms with Gasteiger partial charge in [-0.2, -0.15) is 5.10 Å². The van der Waals surface area contributed by atoms with Crippen molar-refractivity contribution in [3.8, 4) is 0 Å². The van der Waals surface area contributed by atoms with Crippen molar-refractivity contribution in [2.45, 2.75) is 44.4 Å². The molecule has 1 aromatic heterocycles. The molecule has 2 rings (SSSR count). The van der Waals surface area contributed by atoms with Crippen molar-refractivity contribution < 1.29 is 8.42 Å². The number of hydrogen-bond donors (Lipinski definition) is 0. The number of aromatic nitrogens is 2. The van der Waals surface area contributed by atoms with Crippen molar-refractivity contribution in [1.82, 2.24) is 9.78 Å². The molecule has 0 unspecified atom stereocenters. The zero-order valence-corrected chi connectivity index (χ0v) is 11.0. The first kappa shape index (κ1) is 11.9. The number of hydrogen-bond acceptors (Lipinski definition) is 3. The van der Waals surface area contributed by atoms with Gasteiger partial charge in [0.25, 0.3) is 0 Å². The van der Waals surface area contributed by atoms with Crippen molar-refractivity contribution in [3.05, 3.63) is 17.5 Å². The SMILES string of the molecule is CCn1cc(CC2(S(=O)(=O)Cl)CC2)c(C)n1. The molecule has 1 saturated carbocycles. The fraction of sp³-hybridized carbons (Fsp3) is 0.700. The first-order valence-corrected chi connectivity index (χ1v) is 7.66. The van der Waals surface area contributed by atoms with Crippen LogP contribution in [0.25, 0.3) is 0 Å². The van der Waals surface area contributed by atoms with E-state index in [4.69, 9.17) is 10.7 Å². The molecule has 1 fully saturated rings. The van der Waals surface area contributed by atoms with E-state index >= 15 is 0 Å². The van der Waals surface area contributed by atoms with E-state index in [1.54, 1.807) is 0 Å². The minimum atomic E-state index is -3.47. The van der Waals surface area contributed by atoms with Crippen LogP contribution in [0.3, 0.4) is 0 Å². The van der Waals surface area contributed by atoms with Gasteiger partial charge in [-0.1, -0.05) is 0 Å². The smallest absolute Gasteiger partial charge is 0.238 e. The molecule has 0 radical (unpaired) electrons. The number of aryl methyl sites for hydroxylation is 2. The normalized spacial score (nSPS) is 18.7. The maximum Gasteiger partial charge on any atom is 0.238 e. The molecular weight excluding hydrogens is 248 g/mol. The average molecular weight is 263 g/mol. The van der Waals surface area contributed by atoms with Crippen molar-refractivity contribution in [2.75, 3.05) is 0 Å². The molecule has 0 saturated heterocycles. The van der Waals surface area contributed by atoms with Crippen molar-refractivity contribution in [3.63, 3.8) is 0 Å². The highest BCUT2D eigenvalue weighted by Crippen LogP contribution is 2.48. The Morgan fingerprint density at radius 1 is 1.56 bits per heavy atom. The summed E-state index contributed by atoms with van der Waals surface area (Å²) in [5.41, 5.74) is 1.89. The van der Waals surface area contributed by atoms with Gasteiger partial charge in [0.15, 0.2) is 0 Å². The molecule has 6 heteroatoms. The van der Waals surface area contributed by atoms with E-state index in [1.165, 1.54) is 0 Å². The van der Waals surface area contributed by atoms with Crippen molar-refractivity contribution in [1.29, 1.82) is 0 Å². The minimum Gasteiger partial charge on any atom is -0.272 e. The molecule has 1 aliphatic rings. The van der Waals surface area contributed by atoms with Crippen LogP contribution in [0.5, 0.6) is 0 Å². The molecular formula is C10H15ClN2O2S. The van der Waals surface area contributed by atoms with Gasteiger partial charge in [0.2, 0.25) is 9.05 Å². The highest BCUT2D eigenvalue weighted by molar-refractivity contribution is 8.15. The van der Waals surface area contributed by atoms with Crippen molar-refractivity contribution >= 4 is 19.7 Å². The van der Waals surface area contributed by atoms with Crippen LogP contribution in [0.15, 0.2) is 6.20 Å². The Hall–Kier alpha value is -0.550. The quantitative estimate of drug-likeness (QED) is 0.779. The van der Waals surface area contributed by atoms with E-state index in [0.29, 0.717) is 19.3 Å². The van der Waals surface area contributed by atoms with Crippen LogP contribution in [0, 0.1) is 6.92 Å². The van der Waals surface area contributed by atoms with E-state index in [2.05, 4.69) is 5.10 Å². The fourth-order valence-corrected chi connectivity index (χ4v) is 3.43. The lowest BCUT2D eigenvalue weighted by molar-refractivity contribution is 0.590. The van der Waals surface area contributed by atoms with Gasteiger partial charge in [0, 0.05) is 23.4 Å². The van der Waals surface area contributed by atoms with Gasteiger partial charge in [0.1, 0.15) is 0 Å². The Labute approximate surface area is 100 Å². The topological polar surface area (TPSA) is 52.0 Å². The maximum atomic E-state index is 11.4. The molecule has 0 bridgehead atoms. The Morgan fingerprint density at radius 3 is 2.56 bits per heavy atom. The summed E-state index contributed by atoms with van der Waals surface area (Å²) >= 11 is 0. The van der Waals surface area contributed by atoms with E-state index in [-0.39, 0.29) is 0 Å². The molecule has 0 amide bonds. The zero-order chi connectivity index (χ0) is 12.0. The summed E-state index contributed by atoms with van der Waals surface area (Å²) in [7, 11) is 2.01. The summed E-state index contributed by atoms with van der Waals surface area (Å²) < 4.78 is 24.0. The Morgan fingerprint density at radius 2 is 2.19 bits per heavy atom. The second-order valence-corrected chi connectivity index (χ2v) is 7.35. The molecule has 0 aromatic carbocycles. The third-order valence-electron chi connectivity index (χ3n) is 3.21. The number of nitrogens with zero attached hydrogens (tertiary/aromatic N) is 2. The summed E-state index contributed by atoms with van der Waals surface area (Å²) in [6.07, 6.45) is 3.73. The summed E-state index contributed by atoms with van der Waals surface area (Å²) in [5, 5.41) is 4.30. The van der Waals surface area contributed by atoms with Crippen molar-refractivity contribution in [2.24, 2.45) is 0 Å². The molecule has 0 aliphatic heterocycles. The summed E-state index contributed by atoms with van der Waals surface area (Å²) in [4.78, 5) is 0. The summed E-state index contributed by atoms with van der Waals surface area (Å²) in [6.45, 7) is 4.70.